The van der Waals surface area contributed by atoms with E-state index in [-0.39, 0.29) is 0 Å². The van der Waals surface area contributed by atoms with Crippen LogP contribution in [-0.4, -0.2) is 6.41 Å². The summed E-state index contributed by atoms with van der Waals surface area (Å²) >= 11 is 0. The van der Waals surface area contributed by atoms with Crippen LogP contribution in [0.1, 0.15) is 11.1 Å². The lowest BCUT2D eigenvalue weighted by molar-refractivity contribution is -0.106. The number of aryl methyl sites for hydroxylation is 2. The van der Waals surface area contributed by atoms with Gasteiger partial charge in [-0.05, 0) is 36.1 Å². The van der Waals surface area contributed by atoms with Gasteiger partial charge in [-0.15, -0.1) is 0 Å². The summed E-state index contributed by atoms with van der Waals surface area (Å²) < 4.78 is 0. The van der Waals surface area contributed by atoms with Gasteiger partial charge in [-0.2, -0.15) is 0 Å². The lowest BCUT2D eigenvalue weighted by atomic mass is 10.0. The van der Waals surface area contributed by atoms with E-state index in [0.717, 1.165) is 30.6 Å². The van der Waals surface area contributed by atoms with E-state index in [9.17, 15) is 4.79 Å². The third kappa shape index (κ3) is 1.62. The Morgan fingerprint density at radius 1 is 0.824 bits per heavy atom. The molecule has 2 heteroatoms. The second-order valence-electron chi connectivity index (χ2n) is 4.23. The van der Waals surface area contributed by atoms with Crippen LogP contribution >= 0.6 is 0 Å². The van der Waals surface area contributed by atoms with Gasteiger partial charge in [0.2, 0.25) is 6.41 Å². The number of benzene rings is 2. The van der Waals surface area contributed by atoms with Gasteiger partial charge in [0, 0.05) is 0 Å². The van der Waals surface area contributed by atoms with Crippen LogP contribution in [0.2, 0.25) is 0 Å². The Bertz CT molecular complexity index is 515. The number of para-hydroxylation sites is 2. The van der Waals surface area contributed by atoms with Crippen molar-refractivity contribution in [2.45, 2.75) is 12.8 Å². The minimum Gasteiger partial charge on any atom is -0.283 e. The van der Waals surface area contributed by atoms with Gasteiger partial charge < -0.3 is 0 Å². The van der Waals surface area contributed by atoms with E-state index in [0.29, 0.717) is 0 Å². The molecule has 0 saturated heterocycles. The van der Waals surface area contributed by atoms with E-state index in [1.165, 1.54) is 11.1 Å². The molecule has 0 aromatic heterocycles. The Labute approximate surface area is 100 Å². The highest BCUT2D eigenvalue weighted by atomic mass is 16.1. The molecule has 1 aliphatic heterocycles. The Kier molecular flexibility index (Phi) is 2.41. The monoisotopic (exact) mass is 223 g/mol. The van der Waals surface area contributed by atoms with Crippen molar-refractivity contribution in [3.05, 3.63) is 59.7 Å². The molecule has 0 spiro atoms. The summed E-state index contributed by atoms with van der Waals surface area (Å²) in [5.41, 5.74) is 4.48. The number of anilines is 2. The van der Waals surface area contributed by atoms with Gasteiger partial charge in [0.25, 0.3) is 0 Å². The lowest BCUT2D eigenvalue weighted by Gasteiger charge is -2.19. The predicted octanol–water partition coefficient (Wildman–Crippen LogP) is 3.08. The van der Waals surface area contributed by atoms with Crippen molar-refractivity contribution in [2.24, 2.45) is 0 Å². The van der Waals surface area contributed by atoms with Crippen molar-refractivity contribution in [3.63, 3.8) is 0 Å². The first-order chi connectivity index (χ1) is 8.40. The van der Waals surface area contributed by atoms with Crippen LogP contribution in [0.5, 0.6) is 0 Å². The Balaban J connectivity index is 2.22. The average Bonchev–Trinajstić information content (AvgIpc) is 2.55. The largest absolute Gasteiger partial charge is 0.283 e. The molecule has 1 aliphatic rings. The third-order valence-corrected chi connectivity index (χ3v) is 3.27. The van der Waals surface area contributed by atoms with E-state index in [4.69, 9.17) is 0 Å². The molecule has 2 aromatic rings. The molecule has 0 bridgehead atoms. The first-order valence-electron chi connectivity index (χ1n) is 5.80. The van der Waals surface area contributed by atoms with Gasteiger partial charge in [0.15, 0.2) is 0 Å². The number of amides is 1. The minimum absolute atomic E-state index is 0.906. The molecule has 0 aliphatic carbocycles. The smallest absolute Gasteiger partial charge is 0.218 e. The maximum atomic E-state index is 11.4. The minimum atomic E-state index is 0.906. The van der Waals surface area contributed by atoms with E-state index >= 15 is 0 Å². The van der Waals surface area contributed by atoms with Crippen LogP contribution in [0.15, 0.2) is 48.5 Å². The van der Waals surface area contributed by atoms with Crippen LogP contribution in [0, 0.1) is 0 Å². The van der Waals surface area contributed by atoms with Gasteiger partial charge in [0.05, 0.1) is 11.4 Å². The van der Waals surface area contributed by atoms with E-state index in [1.54, 1.807) is 4.90 Å². The van der Waals surface area contributed by atoms with Crippen molar-refractivity contribution in [3.8, 4) is 0 Å². The lowest BCUT2D eigenvalue weighted by Crippen LogP contribution is -2.15. The van der Waals surface area contributed by atoms with Crippen LogP contribution in [0.3, 0.4) is 0 Å². The second-order valence-corrected chi connectivity index (χ2v) is 4.23. The first kappa shape index (κ1) is 10.1. The highest BCUT2D eigenvalue weighted by Gasteiger charge is 2.18. The number of hydrogen-bond acceptors (Lipinski definition) is 1. The van der Waals surface area contributed by atoms with Gasteiger partial charge in [-0.1, -0.05) is 36.4 Å². The van der Waals surface area contributed by atoms with Crippen molar-refractivity contribution in [2.75, 3.05) is 4.90 Å². The molecular weight excluding hydrogens is 210 g/mol. The fourth-order valence-electron chi connectivity index (χ4n) is 2.43. The number of rotatable bonds is 1. The molecule has 0 unspecified atom stereocenters. The van der Waals surface area contributed by atoms with Crippen molar-refractivity contribution >= 4 is 17.8 Å². The summed E-state index contributed by atoms with van der Waals surface area (Å²) in [5.74, 6) is 0. The zero-order chi connectivity index (χ0) is 11.7. The number of carbonyl (C=O) groups excluding carboxylic acids is 1. The third-order valence-electron chi connectivity index (χ3n) is 3.27. The molecule has 0 radical (unpaired) electrons. The molecule has 17 heavy (non-hydrogen) atoms. The van der Waals surface area contributed by atoms with Crippen LogP contribution in [-0.2, 0) is 17.6 Å². The van der Waals surface area contributed by atoms with Crippen molar-refractivity contribution in [1.82, 2.24) is 0 Å². The predicted molar refractivity (Wildman–Crippen MR) is 68.5 cm³/mol. The Morgan fingerprint density at radius 3 is 1.76 bits per heavy atom. The van der Waals surface area contributed by atoms with Crippen molar-refractivity contribution < 1.29 is 4.79 Å². The molecule has 0 fully saturated rings. The summed E-state index contributed by atoms with van der Waals surface area (Å²) in [7, 11) is 0. The van der Waals surface area contributed by atoms with Gasteiger partial charge in [-0.25, -0.2) is 0 Å². The molecule has 0 saturated carbocycles. The summed E-state index contributed by atoms with van der Waals surface area (Å²) in [5, 5.41) is 0. The average molecular weight is 223 g/mol. The van der Waals surface area contributed by atoms with Crippen molar-refractivity contribution in [1.29, 1.82) is 0 Å². The van der Waals surface area contributed by atoms with Crippen LogP contribution < -0.4 is 4.90 Å². The second kappa shape index (κ2) is 4.06. The summed E-state index contributed by atoms with van der Waals surface area (Å²) in [4.78, 5) is 13.1. The SMILES string of the molecule is O=CN1c2ccccc2CCc2ccccc21. The highest BCUT2D eigenvalue weighted by Crippen LogP contribution is 2.34. The number of carbonyl (C=O) groups is 1. The maximum absolute atomic E-state index is 11.4. The molecule has 84 valence electrons. The summed E-state index contributed by atoms with van der Waals surface area (Å²) in [6.45, 7) is 0. The number of hydrogen-bond donors (Lipinski definition) is 0. The molecular formula is C15H13NO. The Morgan fingerprint density at radius 2 is 1.29 bits per heavy atom. The summed E-state index contributed by atoms with van der Waals surface area (Å²) in [6.07, 6.45) is 2.87. The standard InChI is InChI=1S/C15H13NO/c17-11-16-14-7-3-1-5-12(14)9-10-13-6-2-4-8-15(13)16/h1-8,11H,9-10H2. The van der Waals surface area contributed by atoms with E-state index in [2.05, 4.69) is 12.1 Å². The molecule has 3 rings (SSSR count). The van der Waals surface area contributed by atoms with E-state index < -0.39 is 0 Å². The highest BCUT2D eigenvalue weighted by molar-refractivity contribution is 5.89. The number of fused-ring (bicyclic) bond motifs is 2. The van der Waals surface area contributed by atoms with Gasteiger partial charge >= 0.3 is 0 Å². The van der Waals surface area contributed by atoms with Crippen LogP contribution in [0.4, 0.5) is 11.4 Å². The quantitative estimate of drug-likeness (QED) is 0.680. The maximum Gasteiger partial charge on any atom is 0.218 e. The summed E-state index contributed by atoms with van der Waals surface area (Å²) in [6, 6.07) is 16.2. The van der Waals surface area contributed by atoms with Gasteiger partial charge in [0.1, 0.15) is 0 Å². The topological polar surface area (TPSA) is 20.3 Å². The first-order valence-corrected chi connectivity index (χ1v) is 5.80. The zero-order valence-electron chi connectivity index (χ0n) is 9.47. The van der Waals surface area contributed by atoms with Gasteiger partial charge in [-0.3, -0.25) is 9.69 Å². The van der Waals surface area contributed by atoms with Crippen LogP contribution in [0.25, 0.3) is 0 Å². The molecule has 2 nitrogen and oxygen atoms in total. The van der Waals surface area contributed by atoms with E-state index in [1.807, 2.05) is 36.4 Å². The Hall–Kier alpha value is -2.09. The molecule has 2 aromatic carbocycles. The fraction of sp³-hybridized carbons (Fsp3) is 0.133. The molecule has 0 N–H and O–H groups in total. The molecule has 1 heterocycles. The number of nitrogens with zero attached hydrogens (tertiary/aromatic N) is 1. The zero-order valence-corrected chi connectivity index (χ0v) is 9.47. The molecule has 0 atom stereocenters. The normalized spacial score (nSPS) is 13.5. The molecule has 1 amide bonds. The fourth-order valence-corrected chi connectivity index (χ4v) is 2.43.